The molecule has 0 aliphatic rings. The maximum absolute atomic E-state index is 11.3. The van der Waals surface area contributed by atoms with Crippen molar-refractivity contribution in [2.45, 2.75) is 19.6 Å². The molecule has 1 amide bonds. The molecule has 0 heterocycles. The summed E-state index contributed by atoms with van der Waals surface area (Å²) in [5.74, 6) is 0. The van der Waals surface area contributed by atoms with Crippen molar-refractivity contribution < 1.29 is 14.3 Å². The van der Waals surface area contributed by atoms with Crippen molar-refractivity contribution in [1.82, 2.24) is 10.6 Å². The maximum atomic E-state index is 11.3. The van der Waals surface area contributed by atoms with Gasteiger partial charge in [-0.1, -0.05) is 30.3 Å². The first kappa shape index (κ1) is 14.2. The highest BCUT2D eigenvalue weighted by Gasteiger charge is 2.02. The van der Waals surface area contributed by atoms with Crippen LogP contribution < -0.4 is 10.6 Å². The van der Waals surface area contributed by atoms with Crippen molar-refractivity contribution >= 4 is 12.4 Å². The number of hydrogen-bond acceptors (Lipinski definition) is 4. The van der Waals surface area contributed by atoms with Crippen LogP contribution in [-0.4, -0.2) is 31.5 Å². The Balaban J connectivity index is 2.09. The molecule has 18 heavy (non-hydrogen) atoms. The van der Waals surface area contributed by atoms with Crippen LogP contribution >= 0.6 is 0 Å². The molecule has 0 saturated carbocycles. The summed E-state index contributed by atoms with van der Waals surface area (Å²) >= 11 is 0. The van der Waals surface area contributed by atoms with Crippen molar-refractivity contribution in [2.75, 3.05) is 13.1 Å². The highest BCUT2D eigenvalue weighted by Crippen LogP contribution is 2.00. The maximum Gasteiger partial charge on any atom is 0.407 e. The van der Waals surface area contributed by atoms with E-state index < -0.39 is 6.09 Å². The van der Waals surface area contributed by atoms with Crippen LogP contribution in [0, 0.1) is 0 Å². The SMILES string of the molecule is C[C@@H](C=O)NCCNC(=O)OCc1ccccc1. The van der Waals surface area contributed by atoms with Crippen molar-refractivity contribution in [3.63, 3.8) is 0 Å². The molecule has 98 valence electrons. The molecule has 5 nitrogen and oxygen atoms in total. The fourth-order valence-corrected chi connectivity index (χ4v) is 1.29. The number of carbonyl (C=O) groups excluding carboxylic acids is 2. The van der Waals surface area contributed by atoms with E-state index in [2.05, 4.69) is 10.6 Å². The molecule has 1 atom stereocenters. The second kappa shape index (κ2) is 8.25. The molecule has 0 bridgehead atoms. The minimum absolute atomic E-state index is 0.202. The van der Waals surface area contributed by atoms with Crippen molar-refractivity contribution in [3.8, 4) is 0 Å². The van der Waals surface area contributed by atoms with Crippen LogP contribution in [0.1, 0.15) is 12.5 Å². The number of nitrogens with one attached hydrogen (secondary N) is 2. The predicted octanol–water partition coefficient (Wildman–Crippen LogP) is 1.09. The third kappa shape index (κ3) is 6.00. The standard InChI is InChI=1S/C13H18N2O3/c1-11(9-16)14-7-8-15-13(17)18-10-12-5-3-2-4-6-12/h2-6,9,11,14H,7-8,10H2,1H3,(H,15,17)/t11-/m0/s1. The minimum atomic E-state index is -0.459. The van der Waals surface area contributed by atoms with E-state index in [1.54, 1.807) is 6.92 Å². The number of carbonyl (C=O) groups is 2. The van der Waals surface area contributed by atoms with Gasteiger partial charge in [0.1, 0.15) is 12.9 Å². The van der Waals surface area contributed by atoms with Crippen LogP contribution in [0.4, 0.5) is 4.79 Å². The number of ether oxygens (including phenoxy) is 1. The lowest BCUT2D eigenvalue weighted by Gasteiger charge is -2.09. The largest absolute Gasteiger partial charge is 0.445 e. The van der Waals surface area contributed by atoms with Gasteiger partial charge < -0.3 is 20.2 Å². The number of rotatable bonds is 7. The topological polar surface area (TPSA) is 67.4 Å². The molecule has 1 rings (SSSR count). The molecule has 0 aliphatic heterocycles. The van der Waals surface area contributed by atoms with E-state index in [1.807, 2.05) is 30.3 Å². The van der Waals surface area contributed by atoms with E-state index >= 15 is 0 Å². The molecule has 1 aromatic rings. The van der Waals surface area contributed by atoms with E-state index in [-0.39, 0.29) is 12.6 Å². The number of benzene rings is 1. The number of aldehydes is 1. The Morgan fingerprint density at radius 2 is 2.06 bits per heavy atom. The molecule has 0 aromatic heterocycles. The van der Waals surface area contributed by atoms with E-state index in [0.717, 1.165) is 11.8 Å². The highest BCUT2D eigenvalue weighted by atomic mass is 16.5. The number of amides is 1. The van der Waals surface area contributed by atoms with Gasteiger partial charge in [0.05, 0.1) is 6.04 Å². The van der Waals surface area contributed by atoms with E-state index in [4.69, 9.17) is 4.74 Å². The Morgan fingerprint density at radius 3 is 2.72 bits per heavy atom. The Labute approximate surface area is 107 Å². The van der Waals surface area contributed by atoms with Crippen molar-refractivity contribution in [2.24, 2.45) is 0 Å². The van der Waals surface area contributed by atoms with Gasteiger partial charge in [-0.2, -0.15) is 0 Å². The third-order valence-electron chi connectivity index (χ3n) is 2.28. The monoisotopic (exact) mass is 250 g/mol. The Hall–Kier alpha value is -1.88. The summed E-state index contributed by atoms with van der Waals surface area (Å²) < 4.78 is 5.01. The van der Waals surface area contributed by atoms with Gasteiger partial charge in [0.25, 0.3) is 0 Å². The second-order valence-electron chi connectivity index (χ2n) is 3.87. The minimum Gasteiger partial charge on any atom is -0.445 e. The zero-order chi connectivity index (χ0) is 13.2. The Kier molecular flexibility index (Phi) is 6.50. The molecule has 0 radical (unpaired) electrons. The molecule has 1 aromatic carbocycles. The average Bonchev–Trinajstić information content (AvgIpc) is 2.42. The smallest absolute Gasteiger partial charge is 0.407 e. The third-order valence-corrected chi connectivity index (χ3v) is 2.28. The summed E-state index contributed by atoms with van der Waals surface area (Å²) in [4.78, 5) is 21.6. The molecule has 0 aliphatic carbocycles. The number of hydrogen-bond donors (Lipinski definition) is 2. The van der Waals surface area contributed by atoms with Gasteiger partial charge in [0.15, 0.2) is 0 Å². The molecular weight excluding hydrogens is 232 g/mol. The van der Waals surface area contributed by atoms with Crippen molar-refractivity contribution in [3.05, 3.63) is 35.9 Å². The fourth-order valence-electron chi connectivity index (χ4n) is 1.29. The number of alkyl carbamates (subject to hydrolysis) is 1. The molecule has 0 fully saturated rings. The molecule has 0 saturated heterocycles. The van der Waals surface area contributed by atoms with Gasteiger partial charge in [-0.3, -0.25) is 0 Å². The molecular formula is C13H18N2O3. The van der Waals surface area contributed by atoms with Gasteiger partial charge in [-0.05, 0) is 12.5 Å². The summed E-state index contributed by atoms with van der Waals surface area (Å²) in [7, 11) is 0. The van der Waals surface area contributed by atoms with Crippen LogP contribution in [0.2, 0.25) is 0 Å². The highest BCUT2D eigenvalue weighted by molar-refractivity contribution is 5.67. The fraction of sp³-hybridized carbons (Fsp3) is 0.385. The van der Waals surface area contributed by atoms with Crippen LogP contribution in [0.3, 0.4) is 0 Å². The summed E-state index contributed by atoms with van der Waals surface area (Å²) in [6.45, 7) is 2.96. The van der Waals surface area contributed by atoms with Gasteiger partial charge in [-0.15, -0.1) is 0 Å². The Bertz CT molecular complexity index is 368. The zero-order valence-electron chi connectivity index (χ0n) is 10.4. The first-order valence-corrected chi connectivity index (χ1v) is 5.85. The first-order valence-electron chi connectivity index (χ1n) is 5.85. The summed E-state index contributed by atoms with van der Waals surface area (Å²) in [5.41, 5.74) is 0.945. The average molecular weight is 250 g/mol. The van der Waals surface area contributed by atoms with Crippen LogP contribution in [0.25, 0.3) is 0 Å². The van der Waals surface area contributed by atoms with Gasteiger partial charge >= 0.3 is 6.09 Å². The predicted molar refractivity (Wildman–Crippen MR) is 68.2 cm³/mol. The van der Waals surface area contributed by atoms with Crippen LogP contribution in [0.15, 0.2) is 30.3 Å². The van der Waals surface area contributed by atoms with Crippen molar-refractivity contribution in [1.29, 1.82) is 0 Å². The van der Waals surface area contributed by atoms with Gasteiger partial charge in [0.2, 0.25) is 0 Å². The van der Waals surface area contributed by atoms with E-state index in [1.165, 1.54) is 0 Å². The van der Waals surface area contributed by atoms with Crippen LogP contribution in [-0.2, 0) is 16.1 Å². The van der Waals surface area contributed by atoms with E-state index in [9.17, 15) is 9.59 Å². The van der Waals surface area contributed by atoms with Crippen LogP contribution in [0.5, 0.6) is 0 Å². The zero-order valence-corrected chi connectivity index (χ0v) is 10.4. The lowest BCUT2D eigenvalue weighted by molar-refractivity contribution is -0.109. The van der Waals surface area contributed by atoms with Gasteiger partial charge in [-0.25, -0.2) is 4.79 Å². The summed E-state index contributed by atoms with van der Waals surface area (Å²) in [5, 5.41) is 5.52. The Morgan fingerprint density at radius 1 is 1.33 bits per heavy atom. The molecule has 0 unspecified atom stereocenters. The molecule has 2 N–H and O–H groups in total. The normalized spacial score (nSPS) is 11.6. The van der Waals surface area contributed by atoms with E-state index in [0.29, 0.717) is 13.1 Å². The van der Waals surface area contributed by atoms with Gasteiger partial charge in [0, 0.05) is 13.1 Å². The summed E-state index contributed by atoms with van der Waals surface area (Å²) in [6.07, 6.45) is 0.354. The lowest BCUT2D eigenvalue weighted by atomic mass is 10.2. The second-order valence-corrected chi connectivity index (χ2v) is 3.87. The lowest BCUT2D eigenvalue weighted by Crippen LogP contribution is -2.36. The first-order chi connectivity index (χ1) is 8.72. The quantitative estimate of drug-likeness (QED) is 0.561. The molecule has 5 heteroatoms. The molecule has 0 spiro atoms. The summed E-state index contributed by atoms with van der Waals surface area (Å²) in [6, 6.07) is 9.26.